The second kappa shape index (κ2) is 8.03. The number of amides is 1. The number of H-pyrrole nitrogens is 1. The largest absolute Gasteiger partial charge is 0.481 e. The molecule has 1 aliphatic heterocycles. The Kier molecular flexibility index (Phi) is 5.51. The van der Waals surface area contributed by atoms with Crippen molar-refractivity contribution >= 4 is 45.0 Å². The Morgan fingerprint density at radius 2 is 1.97 bits per heavy atom. The lowest BCUT2D eigenvalue weighted by atomic mass is 9.91. The van der Waals surface area contributed by atoms with Crippen LogP contribution in [0.25, 0.3) is 11.6 Å². The van der Waals surface area contributed by atoms with E-state index >= 15 is 0 Å². The normalized spacial score (nSPS) is 16.9. The van der Waals surface area contributed by atoms with Gasteiger partial charge in [-0.15, -0.1) is 0 Å². The molecular formula is C22H23N3O6S. The van der Waals surface area contributed by atoms with Gasteiger partial charge in [-0.2, -0.15) is 0 Å². The smallest absolute Gasteiger partial charge is 0.303 e. The van der Waals surface area contributed by atoms with Crippen LogP contribution in [0, 0.1) is 0 Å². The molecule has 1 aliphatic carbocycles. The van der Waals surface area contributed by atoms with Gasteiger partial charge in [0, 0.05) is 55.1 Å². The molecule has 0 atom stereocenters. The number of anilines is 1. The quantitative estimate of drug-likeness (QED) is 0.569. The van der Waals surface area contributed by atoms with Crippen LogP contribution in [0.15, 0.2) is 23.1 Å². The Hall–Kier alpha value is -3.24. The second-order valence-electron chi connectivity index (χ2n) is 8.05. The van der Waals surface area contributed by atoms with E-state index < -0.39 is 21.9 Å². The van der Waals surface area contributed by atoms with Gasteiger partial charge < -0.3 is 15.4 Å². The first kappa shape index (κ1) is 22.0. The summed E-state index contributed by atoms with van der Waals surface area (Å²) in [5, 5.41) is 11.9. The van der Waals surface area contributed by atoms with E-state index in [0.717, 1.165) is 10.00 Å². The zero-order chi connectivity index (χ0) is 23.2. The molecule has 1 aromatic heterocycles. The minimum atomic E-state index is -3.70. The van der Waals surface area contributed by atoms with Gasteiger partial charge in [-0.25, -0.2) is 12.7 Å². The summed E-state index contributed by atoms with van der Waals surface area (Å²) in [5.74, 6) is -1.42. The Morgan fingerprint density at radius 3 is 2.66 bits per heavy atom. The molecule has 1 amide bonds. The van der Waals surface area contributed by atoms with Crippen LogP contribution in [0.4, 0.5) is 5.69 Å². The van der Waals surface area contributed by atoms with Crippen LogP contribution in [0.1, 0.15) is 52.1 Å². The van der Waals surface area contributed by atoms with Crippen LogP contribution in [-0.4, -0.2) is 54.6 Å². The van der Waals surface area contributed by atoms with Gasteiger partial charge in [-0.05, 0) is 49.1 Å². The standard InChI is InChI=1S/C22H23N3O6S/c1-25(2)32(30,31)12-6-8-16-14(10-12)15(22(29)24-16)11-18-13(7-9-20(27)28)21-17(23-18)4-3-5-19(21)26/h6,8,10-11,23H,3-5,7,9H2,1-2H3,(H,24,29)(H,27,28)/b15-11-. The number of benzene rings is 1. The summed E-state index contributed by atoms with van der Waals surface area (Å²) < 4.78 is 26.2. The molecule has 3 N–H and O–H groups in total. The Balaban J connectivity index is 1.84. The van der Waals surface area contributed by atoms with Crippen molar-refractivity contribution in [1.29, 1.82) is 0 Å². The number of carboxylic acid groups (broad SMARTS) is 1. The van der Waals surface area contributed by atoms with Crippen LogP contribution in [0.5, 0.6) is 0 Å². The maximum Gasteiger partial charge on any atom is 0.303 e. The van der Waals surface area contributed by atoms with Gasteiger partial charge in [0.2, 0.25) is 10.0 Å². The molecule has 0 unspecified atom stereocenters. The number of fused-ring (bicyclic) bond motifs is 2. The number of carboxylic acids is 1. The summed E-state index contributed by atoms with van der Waals surface area (Å²) in [6.07, 6.45) is 3.34. The molecule has 0 bridgehead atoms. The van der Waals surface area contributed by atoms with E-state index in [-0.39, 0.29) is 29.1 Å². The highest BCUT2D eigenvalue weighted by molar-refractivity contribution is 7.89. The van der Waals surface area contributed by atoms with E-state index in [1.807, 2.05) is 0 Å². The van der Waals surface area contributed by atoms with Crippen LogP contribution in [0.3, 0.4) is 0 Å². The highest BCUT2D eigenvalue weighted by Gasteiger charge is 2.30. The predicted molar refractivity (Wildman–Crippen MR) is 118 cm³/mol. The fourth-order valence-corrected chi connectivity index (χ4v) is 5.06. The molecule has 2 aromatic rings. The molecule has 9 nitrogen and oxygen atoms in total. The fraction of sp³-hybridized carbons (Fsp3) is 0.318. The molecule has 1 aromatic carbocycles. The van der Waals surface area contributed by atoms with E-state index in [9.17, 15) is 22.8 Å². The lowest BCUT2D eigenvalue weighted by molar-refractivity contribution is -0.137. The predicted octanol–water partition coefficient (Wildman–Crippen LogP) is 2.29. The molecule has 0 radical (unpaired) electrons. The van der Waals surface area contributed by atoms with Crippen molar-refractivity contribution in [3.05, 3.63) is 46.3 Å². The number of aromatic amines is 1. The summed E-state index contributed by atoms with van der Waals surface area (Å²) in [4.78, 5) is 39.7. The number of nitrogens with one attached hydrogen (secondary N) is 2. The van der Waals surface area contributed by atoms with Crippen molar-refractivity contribution in [2.75, 3.05) is 19.4 Å². The molecule has 0 saturated heterocycles. The number of carbonyl (C=O) groups excluding carboxylic acids is 2. The van der Waals surface area contributed by atoms with Crippen LogP contribution < -0.4 is 5.32 Å². The molecule has 4 rings (SSSR count). The fourth-order valence-electron chi connectivity index (χ4n) is 4.13. The maximum absolute atomic E-state index is 12.7. The molecule has 0 spiro atoms. The number of hydrogen-bond acceptors (Lipinski definition) is 5. The molecule has 10 heteroatoms. The van der Waals surface area contributed by atoms with Crippen molar-refractivity contribution in [3.63, 3.8) is 0 Å². The number of hydrogen-bond donors (Lipinski definition) is 3. The van der Waals surface area contributed by atoms with Gasteiger partial charge in [-0.3, -0.25) is 14.4 Å². The lowest BCUT2D eigenvalue weighted by Crippen LogP contribution is -2.22. The summed E-state index contributed by atoms with van der Waals surface area (Å²) in [5.41, 5.74) is 3.52. The maximum atomic E-state index is 12.7. The number of aromatic nitrogens is 1. The zero-order valence-corrected chi connectivity index (χ0v) is 18.5. The molecule has 2 heterocycles. The average Bonchev–Trinajstić information content (AvgIpc) is 3.24. The average molecular weight is 458 g/mol. The number of nitrogens with zero attached hydrogens (tertiary/aromatic N) is 1. The van der Waals surface area contributed by atoms with Gasteiger partial charge >= 0.3 is 5.97 Å². The van der Waals surface area contributed by atoms with Gasteiger partial charge in [0.15, 0.2) is 5.78 Å². The number of carbonyl (C=O) groups is 3. The van der Waals surface area contributed by atoms with Crippen LogP contribution in [0.2, 0.25) is 0 Å². The summed E-state index contributed by atoms with van der Waals surface area (Å²) >= 11 is 0. The molecule has 2 aliphatic rings. The molecular weight excluding hydrogens is 434 g/mol. The van der Waals surface area contributed by atoms with Crippen molar-refractivity contribution < 1.29 is 27.9 Å². The first-order chi connectivity index (χ1) is 15.1. The van der Waals surface area contributed by atoms with E-state index in [4.69, 9.17) is 5.11 Å². The minimum Gasteiger partial charge on any atom is -0.481 e. The van der Waals surface area contributed by atoms with Gasteiger partial charge in [0.25, 0.3) is 5.91 Å². The highest BCUT2D eigenvalue weighted by Crippen LogP contribution is 2.37. The zero-order valence-electron chi connectivity index (χ0n) is 17.7. The van der Waals surface area contributed by atoms with E-state index in [2.05, 4.69) is 10.3 Å². The number of rotatable bonds is 6. The minimum absolute atomic E-state index is 0.0387. The summed E-state index contributed by atoms with van der Waals surface area (Å²) in [6.45, 7) is 0. The van der Waals surface area contributed by atoms with E-state index in [1.165, 1.54) is 26.2 Å². The van der Waals surface area contributed by atoms with Gasteiger partial charge in [0.05, 0.1) is 10.5 Å². The van der Waals surface area contributed by atoms with Crippen molar-refractivity contribution in [3.8, 4) is 0 Å². The van der Waals surface area contributed by atoms with Gasteiger partial charge in [0.1, 0.15) is 0 Å². The number of aliphatic carboxylic acids is 1. The third-order valence-corrected chi connectivity index (χ3v) is 7.56. The second-order valence-corrected chi connectivity index (χ2v) is 10.2. The Morgan fingerprint density at radius 1 is 1.22 bits per heavy atom. The Labute approximate surface area is 185 Å². The molecule has 168 valence electrons. The van der Waals surface area contributed by atoms with E-state index in [1.54, 1.807) is 12.1 Å². The number of Topliss-reactive ketones (excluding diaryl/α,β-unsaturated/α-hetero) is 1. The molecule has 0 fully saturated rings. The van der Waals surface area contributed by atoms with E-state index in [0.29, 0.717) is 47.3 Å². The number of ketones is 1. The third kappa shape index (κ3) is 3.76. The van der Waals surface area contributed by atoms with Crippen molar-refractivity contribution in [2.24, 2.45) is 0 Å². The number of aryl methyl sites for hydroxylation is 1. The van der Waals surface area contributed by atoms with Crippen LogP contribution in [-0.2, 0) is 32.5 Å². The third-order valence-electron chi connectivity index (χ3n) is 5.75. The summed E-state index contributed by atoms with van der Waals surface area (Å²) in [7, 11) is -0.842. The SMILES string of the molecule is CN(C)S(=O)(=O)c1ccc2c(c1)/C(=C/c1[nH]c3c(c1CCC(=O)O)C(=O)CCC3)C(=O)N2. The van der Waals surface area contributed by atoms with Gasteiger partial charge in [-0.1, -0.05) is 0 Å². The monoisotopic (exact) mass is 457 g/mol. The lowest BCUT2D eigenvalue weighted by Gasteiger charge is -2.12. The molecule has 32 heavy (non-hydrogen) atoms. The van der Waals surface area contributed by atoms with Crippen LogP contribution >= 0.6 is 0 Å². The van der Waals surface area contributed by atoms with Crippen molar-refractivity contribution in [1.82, 2.24) is 9.29 Å². The van der Waals surface area contributed by atoms with Crippen molar-refractivity contribution in [2.45, 2.75) is 37.0 Å². The number of sulfonamides is 1. The Bertz CT molecular complexity index is 1290. The first-order valence-electron chi connectivity index (χ1n) is 10.2. The molecule has 0 saturated carbocycles. The summed E-state index contributed by atoms with van der Waals surface area (Å²) in [6, 6.07) is 4.42. The first-order valence-corrected chi connectivity index (χ1v) is 11.6. The topological polar surface area (TPSA) is 137 Å². The highest BCUT2D eigenvalue weighted by atomic mass is 32.2.